The van der Waals surface area contributed by atoms with Gasteiger partial charge in [0.2, 0.25) is 0 Å². The van der Waals surface area contributed by atoms with Gasteiger partial charge in [0, 0.05) is 36.4 Å². The van der Waals surface area contributed by atoms with Crippen molar-refractivity contribution in [2.24, 2.45) is 11.8 Å². The summed E-state index contributed by atoms with van der Waals surface area (Å²) in [6.07, 6.45) is 9.11. The Labute approximate surface area is 162 Å². The van der Waals surface area contributed by atoms with Crippen LogP contribution in [-0.4, -0.2) is 36.9 Å². The Morgan fingerprint density at radius 3 is 2.85 bits per heavy atom. The van der Waals surface area contributed by atoms with Crippen LogP contribution in [0.15, 0.2) is 18.2 Å². The Morgan fingerprint density at radius 1 is 1.27 bits per heavy atom. The average molecular weight is 376 g/mol. The third kappa shape index (κ3) is 2.62. The Kier molecular flexibility index (Phi) is 4.81. The summed E-state index contributed by atoms with van der Waals surface area (Å²) in [5.74, 6) is 3.02. The van der Waals surface area contributed by atoms with Gasteiger partial charge in [-0.3, -0.25) is 9.69 Å². The van der Waals surface area contributed by atoms with Gasteiger partial charge in [-0.1, -0.05) is 18.6 Å². The van der Waals surface area contributed by atoms with E-state index in [9.17, 15) is 4.79 Å². The largest absolute Gasteiger partial charge is 0.496 e. The summed E-state index contributed by atoms with van der Waals surface area (Å²) in [5, 5.41) is 0. The van der Waals surface area contributed by atoms with Crippen LogP contribution in [0.4, 0.5) is 0 Å². The molecule has 0 N–H and O–H groups in total. The Bertz CT molecular complexity index is 701. The lowest BCUT2D eigenvalue weighted by Gasteiger charge is -2.59. The van der Waals surface area contributed by atoms with E-state index in [4.69, 9.17) is 4.74 Å². The number of methoxy groups -OCH3 is 1. The van der Waals surface area contributed by atoms with Crippen LogP contribution in [0.25, 0.3) is 0 Å². The molecule has 0 aromatic heterocycles. The number of nitrogens with zero attached hydrogens (tertiary/aromatic N) is 1. The van der Waals surface area contributed by atoms with Crippen molar-refractivity contribution in [2.75, 3.05) is 20.2 Å². The van der Waals surface area contributed by atoms with Gasteiger partial charge in [-0.2, -0.15) is 0 Å². The van der Waals surface area contributed by atoms with E-state index in [0.717, 1.165) is 50.3 Å². The highest BCUT2D eigenvalue weighted by atomic mass is 35.5. The van der Waals surface area contributed by atoms with Crippen molar-refractivity contribution in [3.8, 4) is 5.75 Å². The first kappa shape index (κ1) is 18.3. The number of hydrogen-bond acceptors (Lipinski definition) is 3. The first-order valence-electron chi connectivity index (χ1n) is 10.1. The lowest BCUT2D eigenvalue weighted by Crippen LogP contribution is -2.62. The molecule has 3 fully saturated rings. The zero-order chi connectivity index (χ0) is 17.0. The van der Waals surface area contributed by atoms with Crippen molar-refractivity contribution >= 4 is 18.2 Å². The van der Waals surface area contributed by atoms with Gasteiger partial charge in [0.1, 0.15) is 11.5 Å². The van der Waals surface area contributed by atoms with Crippen LogP contribution in [0.3, 0.4) is 0 Å². The number of carbonyl (C=O) groups excluding carboxylic acids is 1. The minimum absolute atomic E-state index is 0. The molecule has 1 aromatic rings. The minimum Gasteiger partial charge on any atom is -0.496 e. The highest BCUT2D eigenvalue weighted by Crippen LogP contribution is 2.57. The number of benzene rings is 1. The Hall–Kier alpha value is -1.06. The number of ketones is 1. The van der Waals surface area contributed by atoms with Crippen LogP contribution >= 0.6 is 12.4 Å². The molecule has 5 rings (SSSR count). The molecule has 1 saturated heterocycles. The highest BCUT2D eigenvalue weighted by molar-refractivity contribution is 5.85. The average Bonchev–Trinajstić information content (AvgIpc) is 2.58. The predicted molar refractivity (Wildman–Crippen MR) is 105 cm³/mol. The number of Topliss-reactive ketones (excluding diaryl/α,β-unsaturated/α-hetero) is 1. The summed E-state index contributed by atoms with van der Waals surface area (Å²) < 4.78 is 5.78. The second-order valence-corrected chi connectivity index (χ2v) is 8.82. The van der Waals surface area contributed by atoms with Crippen LogP contribution in [0, 0.1) is 11.8 Å². The van der Waals surface area contributed by atoms with E-state index in [0.29, 0.717) is 17.7 Å². The van der Waals surface area contributed by atoms with Crippen molar-refractivity contribution in [2.45, 2.75) is 62.8 Å². The Balaban J connectivity index is 0.00000168. The zero-order valence-electron chi connectivity index (χ0n) is 15.7. The maximum Gasteiger partial charge on any atom is 0.133 e. The highest BCUT2D eigenvalue weighted by Gasteiger charge is 2.56. The molecule has 1 heterocycles. The van der Waals surface area contributed by atoms with Crippen LogP contribution in [0.2, 0.25) is 0 Å². The molecule has 0 spiro atoms. The predicted octanol–water partition coefficient (Wildman–Crippen LogP) is 4.15. The summed E-state index contributed by atoms with van der Waals surface area (Å²) in [5.41, 5.74) is 2.86. The van der Waals surface area contributed by atoms with Crippen LogP contribution in [0.1, 0.15) is 56.1 Å². The van der Waals surface area contributed by atoms with Gasteiger partial charge >= 0.3 is 0 Å². The number of ether oxygens (including phenoxy) is 1. The molecule has 3 atom stereocenters. The number of carbonyl (C=O) groups is 1. The van der Waals surface area contributed by atoms with Crippen molar-refractivity contribution in [3.05, 3.63) is 29.3 Å². The molecule has 4 heteroatoms. The SMILES string of the molecule is COc1cccc2c1[C@]13CCN(CC4CCC4)[C@H](C2)[C@@H]1CCC(=O)C3.Cl. The smallest absolute Gasteiger partial charge is 0.133 e. The Morgan fingerprint density at radius 2 is 2.12 bits per heavy atom. The van der Waals surface area contributed by atoms with Gasteiger partial charge in [-0.25, -0.2) is 0 Å². The molecule has 0 amide bonds. The van der Waals surface area contributed by atoms with E-state index in [1.807, 2.05) is 0 Å². The van der Waals surface area contributed by atoms with Gasteiger partial charge in [-0.05, 0) is 62.1 Å². The van der Waals surface area contributed by atoms with E-state index in [2.05, 4.69) is 23.1 Å². The van der Waals surface area contributed by atoms with Gasteiger partial charge in [0.05, 0.1) is 7.11 Å². The molecule has 3 nitrogen and oxygen atoms in total. The number of hydrogen-bond donors (Lipinski definition) is 0. The second kappa shape index (κ2) is 6.83. The van der Waals surface area contributed by atoms with Gasteiger partial charge in [0.25, 0.3) is 0 Å². The number of fused-ring (bicyclic) bond motifs is 1. The fraction of sp³-hybridized carbons (Fsp3) is 0.682. The fourth-order valence-electron chi connectivity index (χ4n) is 6.37. The van der Waals surface area contributed by atoms with Gasteiger partial charge < -0.3 is 4.74 Å². The van der Waals surface area contributed by atoms with E-state index in [1.165, 1.54) is 36.9 Å². The van der Waals surface area contributed by atoms with Crippen molar-refractivity contribution in [1.29, 1.82) is 0 Å². The molecule has 1 aliphatic heterocycles. The lowest BCUT2D eigenvalue weighted by atomic mass is 9.52. The molecule has 26 heavy (non-hydrogen) atoms. The molecule has 4 aliphatic rings. The van der Waals surface area contributed by atoms with Gasteiger partial charge in [-0.15, -0.1) is 12.4 Å². The van der Waals surface area contributed by atoms with Crippen molar-refractivity contribution in [3.63, 3.8) is 0 Å². The molecular weight excluding hydrogens is 346 g/mol. The number of rotatable bonds is 3. The first-order valence-corrected chi connectivity index (χ1v) is 10.1. The van der Waals surface area contributed by atoms with E-state index >= 15 is 0 Å². The summed E-state index contributed by atoms with van der Waals surface area (Å²) in [7, 11) is 1.78. The topological polar surface area (TPSA) is 29.5 Å². The summed E-state index contributed by atoms with van der Waals surface area (Å²) in [4.78, 5) is 15.3. The third-order valence-corrected chi connectivity index (χ3v) is 7.71. The lowest BCUT2D eigenvalue weighted by molar-refractivity contribution is -0.127. The van der Waals surface area contributed by atoms with Crippen LogP contribution < -0.4 is 4.74 Å². The normalized spacial score (nSPS) is 33.5. The fourth-order valence-corrected chi connectivity index (χ4v) is 6.37. The number of halogens is 1. The van der Waals surface area contributed by atoms with Gasteiger partial charge in [0.15, 0.2) is 0 Å². The standard InChI is InChI=1S/C22H29NO2.ClH/c1-25-20-7-3-6-16-12-19-18-9-8-17(24)13-22(18,21(16)20)10-11-23(19)14-15-4-2-5-15;/h3,6-7,15,18-19H,2,4-5,8-14H2,1H3;1H/t18-,19+,22-;/m0./s1. The molecular formula is C22H30ClNO2. The third-order valence-electron chi connectivity index (χ3n) is 7.71. The second-order valence-electron chi connectivity index (χ2n) is 8.82. The summed E-state index contributed by atoms with van der Waals surface area (Å²) in [6.45, 7) is 2.44. The molecule has 3 aliphatic carbocycles. The van der Waals surface area contributed by atoms with Crippen LogP contribution in [-0.2, 0) is 16.6 Å². The number of piperidine rings is 1. The van der Waals surface area contributed by atoms with E-state index in [-0.39, 0.29) is 17.8 Å². The van der Waals surface area contributed by atoms with Crippen molar-refractivity contribution < 1.29 is 9.53 Å². The monoisotopic (exact) mass is 375 g/mol. The maximum atomic E-state index is 12.5. The molecule has 0 radical (unpaired) electrons. The van der Waals surface area contributed by atoms with Crippen LogP contribution in [0.5, 0.6) is 5.75 Å². The molecule has 2 bridgehead atoms. The first-order chi connectivity index (χ1) is 12.2. The molecule has 2 saturated carbocycles. The zero-order valence-corrected chi connectivity index (χ0v) is 16.5. The summed E-state index contributed by atoms with van der Waals surface area (Å²) >= 11 is 0. The summed E-state index contributed by atoms with van der Waals surface area (Å²) in [6, 6.07) is 7.15. The van der Waals surface area contributed by atoms with E-state index in [1.54, 1.807) is 7.11 Å². The molecule has 1 aromatic carbocycles. The molecule has 142 valence electrons. The minimum atomic E-state index is 0. The van der Waals surface area contributed by atoms with E-state index < -0.39 is 0 Å². The number of likely N-dealkylation sites (tertiary alicyclic amines) is 1. The maximum absolute atomic E-state index is 12.5. The van der Waals surface area contributed by atoms with Crippen molar-refractivity contribution in [1.82, 2.24) is 4.90 Å². The quantitative estimate of drug-likeness (QED) is 0.794. The molecule has 0 unspecified atom stereocenters.